The third-order valence-electron chi connectivity index (χ3n) is 6.25. The van der Waals surface area contributed by atoms with E-state index in [4.69, 9.17) is 4.74 Å². The van der Waals surface area contributed by atoms with Gasteiger partial charge in [0.1, 0.15) is 0 Å². The van der Waals surface area contributed by atoms with Crippen LogP contribution in [0, 0.1) is 5.92 Å². The minimum absolute atomic E-state index is 0.0495. The Morgan fingerprint density at radius 3 is 2.21 bits per heavy atom. The summed E-state index contributed by atoms with van der Waals surface area (Å²) in [4.78, 5) is 30.9. The van der Waals surface area contributed by atoms with Gasteiger partial charge in [0.05, 0.1) is 0 Å². The first-order valence-corrected chi connectivity index (χ1v) is 12.0. The fourth-order valence-corrected chi connectivity index (χ4v) is 4.79. The Bertz CT molecular complexity index is 709. The molecule has 0 radical (unpaired) electrons. The van der Waals surface area contributed by atoms with Gasteiger partial charge in [0.15, 0.2) is 0 Å². The Morgan fingerprint density at radius 1 is 1.00 bits per heavy atom. The number of amides is 3. The highest BCUT2D eigenvalue weighted by molar-refractivity contribution is 7.98. The van der Waals surface area contributed by atoms with Gasteiger partial charge in [0.2, 0.25) is 5.91 Å². The minimum atomic E-state index is -0.0495. The van der Waals surface area contributed by atoms with E-state index in [9.17, 15) is 9.59 Å². The fraction of sp³-hybridized carbons (Fsp3) is 0.636. The lowest BCUT2D eigenvalue weighted by Gasteiger charge is -2.43. The number of likely N-dealkylation sites (tertiary alicyclic amines) is 1. The van der Waals surface area contributed by atoms with Crippen LogP contribution in [0.15, 0.2) is 29.2 Å². The van der Waals surface area contributed by atoms with Crippen molar-refractivity contribution in [2.75, 3.05) is 37.9 Å². The molecule has 29 heavy (non-hydrogen) atoms. The molecule has 1 aromatic carbocycles. The summed E-state index contributed by atoms with van der Waals surface area (Å²) in [6, 6.07) is 8.42. The van der Waals surface area contributed by atoms with Crippen LogP contribution >= 0.6 is 11.8 Å². The zero-order valence-corrected chi connectivity index (χ0v) is 18.0. The van der Waals surface area contributed by atoms with Gasteiger partial charge in [0.25, 0.3) is 0 Å². The van der Waals surface area contributed by atoms with Crippen LogP contribution in [-0.2, 0) is 9.53 Å². The predicted octanol–water partition coefficient (Wildman–Crippen LogP) is 3.82. The summed E-state index contributed by atoms with van der Waals surface area (Å²) in [5.74, 6) is 0.581. The molecule has 2 saturated heterocycles. The molecule has 1 saturated carbocycles. The van der Waals surface area contributed by atoms with Crippen LogP contribution < -0.4 is 5.32 Å². The minimum Gasteiger partial charge on any atom is -0.381 e. The average Bonchev–Trinajstić information content (AvgIpc) is 3.61. The van der Waals surface area contributed by atoms with Crippen molar-refractivity contribution in [2.45, 2.75) is 55.5 Å². The Kier molecular flexibility index (Phi) is 6.65. The maximum atomic E-state index is 13.0. The van der Waals surface area contributed by atoms with Crippen molar-refractivity contribution < 1.29 is 14.3 Å². The lowest BCUT2D eigenvalue weighted by Crippen LogP contribution is -2.54. The van der Waals surface area contributed by atoms with E-state index >= 15 is 0 Å². The van der Waals surface area contributed by atoms with Crippen molar-refractivity contribution >= 4 is 29.4 Å². The molecule has 7 heteroatoms. The summed E-state index contributed by atoms with van der Waals surface area (Å²) in [5.41, 5.74) is 0.822. The third-order valence-corrected chi connectivity index (χ3v) is 7.00. The van der Waals surface area contributed by atoms with Crippen LogP contribution in [0.1, 0.15) is 38.5 Å². The zero-order chi connectivity index (χ0) is 20.2. The molecule has 0 aromatic heterocycles. The molecule has 1 aliphatic carbocycles. The van der Waals surface area contributed by atoms with E-state index in [1.807, 2.05) is 35.4 Å². The van der Waals surface area contributed by atoms with E-state index in [1.54, 1.807) is 11.8 Å². The second-order valence-corrected chi connectivity index (χ2v) is 9.12. The number of nitrogens with zero attached hydrogens (tertiary/aromatic N) is 2. The van der Waals surface area contributed by atoms with Crippen molar-refractivity contribution in [1.82, 2.24) is 9.80 Å². The molecule has 0 bridgehead atoms. The van der Waals surface area contributed by atoms with Crippen molar-refractivity contribution in [3.63, 3.8) is 0 Å². The van der Waals surface area contributed by atoms with E-state index in [-0.39, 0.29) is 18.0 Å². The number of rotatable bonds is 5. The molecule has 1 N–H and O–H groups in total. The molecular weight excluding hydrogens is 386 g/mol. The van der Waals surface area contributed by atoms with Gasteiger partial charge in [0, 0.05) is 54.9 Å². The number of carbonyl (C=O) groups excluding carboxylic acids is 2. The Morgan fingerprint density at radius 2 is 1.62 bits per heavy atom. The van der Waals surface area contributed by atoms with E-state index in [1.165, 1.54) is 4.90 Å². The summed E-state index contributed by atoms with van der Waals surface area (Å²) in [6.07, 6.45) is 7.69. The van der Waals surface area contributed by atoms with Gasteiger partial charge in [-0.3, -0.25) is 4.79 Å². The molecular formula is C22H31N3O3S. The van der Waals surface area contributed by atoms with Crippen molar-refractivity contribution in [2.24, 2.45) is 5.92 Å². The molecule has 3 aliphatic rings. The van der Waals surface area contributed by atoms with E-state index in [0.717, 1.165) is 57.4 Å². The van der Waals surface area contributed by atoms with Gasteiger partial charge in [-0.05, 0) is 69.0 Å². The second kappa shape index (κ2) is 9.39. The molecule has 0 atom stereocenters. The summed E-state index contributed by atoms with van der Waals surface area (Å²) in [7, 11) is 0. The Hall–Kier alpha value is -1.73. The van der Waals surface area contributed by atoms with Crippen molar-refractivity contribution in [1.29, 1.82) is 0 Å². The summed E-state index contributed by atoms with van der Waals surface area (Å²) < 4.78 is 5.51. The second-order valence-electron chi connectivity index (χ2n) is 8.24. The molecule has 158 valence electrons. The fourth-order valence-electron chi connectivity index (χ4n) is 4.39. The highest BCUT2D eigenvalue weighted by Crippen LogP contribution is 2.35. The number of urea groups is 1. The maximum Gasteiger partial charge on any atom is 0.321 e. The third kappa shape index (κ3) is 5.07. The summed E-state index contributed by atoms with van der Waals surface area (Å²) >= 11 is 1.68. The number of nitrogens with one attached hydrogen (secondary N) is 1. The predicted molar refractivity (Wildman–Crippen MR) is 115 cm³/mol. The first kappa shape index (κ1) is 20.5. The smallest absolute Gasteiger partial charge is 0.321 e. The monoisotopic (exact) mass is 417 g/mol. The number of anilines is 1. The molecule has 4 rings (SSSR count). The summed E-state index contributed by atoms with van der Waals surface area (Å²) in [5, 5.41) is 3.00. The number of ether oxygens (including phenoxy) is 1. The van der Waals surface area contributed by atoms with Crippen molar-refractivity contribution in [3.8, 4) is 0 Å². The molecule has 0 unspecified atom stereocenters. The zero-order valence-electron chi connectivity index (χ0n) is 17.1. The Balaban J connectivity index is 1.33. The van der Waals surface area contributed by atoms with Crippen LogP contribution in [0.25, 0.3) is 0 Å². The normalized spacial score (nSPS) is 21.1. The molecule has 3 fully saturated rings. The van der Waals surface area contributed by atoms with Gasteiger partial charge in [-0.1, -0.05) is 0 Å². The lowest BCUT2D eigenvalue weighted by molar-refractivity contribution is -0.141. The SMILES string of the molecule is CSc1ccc(NC(=O)N2CCC(N(C(=O)C3CC3)C3CCOCC3)CC2)cc1. The van der Waals surface area contributed by atoms with Crippen LogP contribution in [0.3, 0.4) is 0 Å². The molecule has 0 spiro atoms. The lowest BCUT2D eigenvalue weighted by atomic mass is 9.97. The number of hydrogen-bond acceptors (Lipinski definition) is 4. The van der Waals surface area contributed by atoms with Crippen LogP contribution in [0.4, 0.5) is 10.5 Å². The van der Waals surface area contributed by atoms with Gasteiger partial charge < -0.3 is 19.9 Å². The van der Waals surface area contributed by atoms with Crippen LogP contribution in [-0.4, -0.2) is 66.4 Å². The van der Waals surface area contributed by atoms with Crippen molar-refractivity contribution in [3.05, 3.63) is 24.3 Å². The topological polar surface area (TPSA) is 61.9 Å². The Labute approximate surface area is 177 Å². The van der Waals surface area contributed by atoms with E-state index < -0.39 is 0 Å². The van der Waals surface area contributed by atoms with Gasteiger partial charge in [-0.2, -0.15) is 0 Å². The first-order valence-electron chi connectivity index (χ1n) is 10.8. The maximum absolute atomic E-state index is 13.0. The quantitative estimate of drug-likeness (QED) is 0.740. The van der Waals surface area contributed by atoms with Gasteiger partial charge in [-0.25, -0.2) is 4.79 Å². The molecule has 6 nitrogen and oxygen atoms in total. The number of piperidine rings is 1. The number of thioether (sulfide) groups is 1. The molecule has 2 heterocycles. The molecule has 1 aromatic rings. The van der Waals surface area contributed by atoms with Gasteiger partial charge in [-0.15, -0.1) is 11.8 Å². The number of hydrogen-bond donors (Lipinski definition) is 1. The number of carbonyl (C=O) groups is 2. The largest absolute Gasteiger partial charge is 0.381 e. The number of benzene rings is 1. The standard InChI is InChI=1S/C22H31N3O3S/c1-29-20-6-4-17(5-7-20)23-22(27)24-12-8-18(9-13-24)25(21(26)16-2-3-16)19-10-14-28-15-11-19/h4-7,16,18-19H,2-3,8-15H2,1H3,(H,23,27). The van der Waals surface area contributed by atoms with Gasteiger partial charge >= 0.3 is 6.03 Å². The summed E-state index contributed by atoms with van der Waals surface area (Å²) in [6.45, 7) is 2.87. The van der Waals surface area contributed by atoms with Crippen LogP contribution in [0.2, 0.25) is 0 Å². The van der Waals surface area contributed by atoms with E-state index in [2.05, 4.69) is 10.2 Å². The first-order chi connectivity index (χ1) is 14.2. The highest BCUT2D eigenvalue weighted by atomic mass is 32.2. The van der Waals surface area contributed by atoms with E-state index in [0.29, 0.717) is 25.0 Å². The molecule has 2 aliphatic heterocycles. The highest BCUT2D eigenvalue weighted by Gasteiger charge is 2.41. The van der Waals surface area contributed by atoms with Crippen LogP contribution in [0.5, 0.6) is 0 Å². The molecule has 3 amide bonds. The average molecular weight is 418 g/mol.